The van der Waals surface area contributed by atoms with Gasteiger partial charge in [-0.3, -0.25) is 0 Å². The molecular weight excluding hydrogens is 271 g/mol. The first-order valence-electron chi connectivity index (χ1n) is 5.63. The van der Waals surface area contributed by atoms with E-state index in [2.05, 4.69) is 32.7 Å². The fourth-order valence-corrected chi connectivity index (χ4v) is 2.25. The van der Waals surface area contributed by atoms with Gasteiger partial charge in [0.2, 0.25) is 0 Å². The molecule has 1 saturated heterocycles. The summed E-state index contributed by atoms with van der Waals surface area (Å²) in [5.74, 6) is -0.185. The van der Waals surface area contributed by atoms with Crippen LogP contribution in [-0.2, 0) is 0 Å². The predicted molar refractivity (Wildman–Crippen MR) is 68.4 cm³/mol. The van der Waals surface area contributed by atoms with Crippen LogP contribution in [0.4, 0.5) is 10.1 Å². The van der Waals surface area contributed by atoms with Crippen LogP contribution in [0.25, 0.3) is 0 Å². The molecule has 1 aliphatic heterocycles. The highest BCUT2D eigenvalue weighted by Crippen LogP contribution is 2.23. The van der Waals surface area contributed by atoms with Crippen LogP contribution in [0.15, 0.2) is 22.7 Å². The second-order valence-electron chi connectivity index (χ2n) is 4.02. The molecule has 0 unspecified atom stereocenters. The number of hydrogen-bond acceptors (Lipinski definition) is 2. The van der Waals surface area contributed by atoms with Gasteiger partial charge in [0.25, 0.3) is 0 Å². The second kappa shape index (κ2) is 5.15. The zero-order chi connectivity index (χ0) is 11.5. The van der Waals surface area contributed by atoms with Crippen molar-refractivity contribution >= 4 is 21.6 Å². The highest BCUT2D eigenvalue weighted by Gasteiger charge is 2.16. The van der Waals surface area contributed by atoms with E-state index in [4.69, 9.17) is 0 Å². The first-order valence-corrected chi connectivity index (χ1v) is 6.42. The normalized spacial score (nSPS) is 17.8. The van der Waals surface area contributed by atoms with Crippen molar-refractivity contribution in [2.45, 2.75) is 6.92 Å². The summed E-state index contributed by atoms with van der Waals surface area (Å²) in [4.78, 5) is 4.65. The van der Waals surface area contributed by atoms with Crippen LogP contribution >= 0.6 is 15.9 Å². The summed E-state index contributed by atoms with van der Waals surface area (Å²) in [6, 6.07) is 5.34. The average molecular weight is 287 g/mol. The Morgan fingerprint density at radius 3 is 2.50 bits per heavy atom. The lowest BCUT2D eigenvalue weighted by Gasteiger charge is -2.35. The number of hydrogen-bond donors (Lipinski definition) is 0. The van der Waals surface area contributed by atoms with Crippen LogP contribution in [0.5, 0.6) is 0 Å². The molecule has 0 aliphatic carbocycles. The topological polar surface area (TPSA) is 6.48 Å². The summed E-state index contributed by atoms with van der Waals surface area (Å²) < 4.78 is 13.9. The van der Waals surface area contributed by atoms with Gasteiger partial charge >= 0.3 is 0 Å². The number of benzene rings is 1. The fraction of sp³-hybridized carbons (Fsp3) is 0.500. The number of nitrogens with zero attached hydrogens (tertiary/aromatic N) is 2. The van der Waals surface area contributed by atoms with Gasteiger partial charge < -0.3 is 9.80 Å². The molecule has 0 bridgehead atoms. The lowest BCUT2D eigenvalue weighted by atomic mass is 10.2. The molecule has 1 fully saturated rings. The summed E-state index contributed by atoms with van der Waals surface area (Å²) in [6.07, 6.45) is 0. The molecule has 16 heavy (non-hydrogen) atoms. The van der Waals surface area contributed by atoms with E-state index in [-0.39, 0.29) is 5.82 Å². The molecule has 0 saturated carbocycles. The zero-order valence-electron chi connectivity index (χ0n) is 9.42. The van der Waals surface area contributed by atoms with E-state index in [1.54, 1.807) is 12.1 Å². The van der Waals surface area contributed by atoms with E-state index in [1.807, 2.05) is 6.07 Å². The maximum atomic E-state index is 13.4. The van der Waals surface area contributed by atoms with E-state index >= 15 is 0 Å². The predicted octanol–water partition coefficient (Wildman–Crippen LogP) is 2.73. The van der Waals surface area contributed by atoms with Gasteiger partial charge in [0.05, 0.1) is 4.47 Å². The molecule has 2 rings (SSSR count). The average Bonchev–Trinajstić information content (AvgIpc) is 2.33. The van der Waals surface area contributed by atoms with Gasteiger partial charge in [-0.2, -0.15) is 0 Å². The molecule has 2 nitrogen and oxygen atoms in total. The Bertz CT molecular complexity index is 362. The first kappa shape index (κ1) is 11.9. The molecule has 0 radical (unpaired) electrons. The third-order valence-corrected chi connectivity index (χ3v) is 3.73. The van der Waals surface area contributed by atoms with Crippen molar-refractivity contribution in [2.24, 2.45) is 0 Å². The minimum atomic E-state index is -0.185. The smallest absolute Gasteiger partial charge is 0.139 e. The lowest BCUT2D eigenvalue weighted by Crippen LogP contribution is -2.46. The van der Waals surface area contributed by atoms with Gasteiger partial charge in [-0.15, -0.1) is 0 Å². The summed E-state index contributed by atoms with van der Waals surface area (Å²) in [5, 5.41) is 0. The molecule has 0 spiro atoms. The highest BCUT2D eigenvalue weighted by atomic mass is 79.9. The Balaban J connectivity index is 2.05. The van der Waals surface area contributed by atoms with Gasteiger partial charge in [-0.1, -0.05) is 6.92 Å². The Morgan fingerprint density at radius 2 is 1.94 bits per heavy atom. The monoisotopic (exact) mass is 286 g/mol. The summed E-state index contributed by atoms with van der Waals surface area (Å²) in [7, 11) is 0. The fourth-order valence-electron chi connectivity index (χ4n) is 2.00. The molecule has 88 valence electrons. The first-order chi connectivity index (χ1) is 7.70. The van der Waals surface area contributed by atoms with Crippen molar-refractivity contribution in [1.82, 2.24) is 4.90 Å². The molecule has 0 N–H and O–H groups in total. The van der Waals surface area contributed by atoms with Crippen LogP contribution < -0.4 is 4.90 Å². The molecule has 4 heteroatoms. The van der Waals surface area contributed by atoms with Gasteiger partial charge in [0.15, 0.2) is 0 Å². The second-order valence-corrected chi connectivity index (χ2v) is 4.87. The molecule has 1 aliphatic rings. The number of piperazine rings is 1. The molecule has 0 aromatic heterocycles. The number of halogens is 2. The molecule has 1 heterocycles. The van der Waals surface area contributed by atoms with E-state index < -0.39 is 0 Å². The third kappa shape index (κ3) is 2.55. The lowest BCUT2D eigenvalue weighted by molar-refractivity contribution is 0.271. The molecular formula is C12H16BrFN2. The summed E-state index contributed by atoms with van der Waals surface area (Å²) in [5.41, 5.74) is 0.983. The molecule has 1 aromatic rings. The van der Waals surface area contributed by atoms with Crippen molar-refractivity contribution in [3.63, 3.8) is 0 Å². The Labute approximate surface area is 104 Å². The van der Waals surface area contributed by atoms with Crippen molar-refractivity contribution in [3.05, 3.63) is 28.5 Å². The van der Waals surface area contributed by atoms with E-state index in [0.29, 0.717) is 4.47 Å². The maximum absolute atomic E-state index is 13.4. The van der Waals surface area contributed by atoms with Crippen LogP contribution in [0.3, 0.4) is 0 Å². The minimum Gasteiger partial charge on any atom is -0.369 e. The van der Waals surface area contributed by atoms with Crippen molar-refractivity contribution < 1.29 is 4.39 Å². The van der Waals surface area contributed by atoms with Gasteiger partial charge in [0, 0.05) is 31.9 Å². The van der Waals surface area contributed by atoms with Gasteiger partial charge in [-0.05, 0) is 40.7 Å². The van der Waals surface area contributed by atoms with Gasteiger partial charge in [-0.25, -0.2) is 4.39 Å². The van der Waals surface area contributed by atoms with Crippen LogP contribution in [0.1, 0.15) is 6.92 Å². The van der Waals surface area contributed by atoms with Crippen molar-refractivity contribution in [3.8, 4) is 0 Å². The molecule has 0 atom stereocenters. The summed E-state index contributed by atoms with van der Waals surface area (Å²) in [6.45, 7) is 7.36. The minimum absolute atomic E-state index is 0.185. The van der Waals surface area contributed by atoms with Crippen LogP contribution in [0, 0.1) is 5.82 Å². The molecule has 0 amide bonds. The number of rotatable bonds is 2. The SMILES string of the molecule is CCN1CCN(c2ccc(Br)c(F)c2)CC1. The largest absolute Gasteiger partial charge is 0.369 e. The third-order valence-electron chi connectivity index (χ3n) is 3.09. The quantitative estimate of drug-likeness (QED) is 0.825. The van der Waals surface area contributed by atoms with E-state index in [0.717, 1.165) is 38.4 Å². The summed E-state index contributed by atoms with van der Waals surface area (Å²) >= 11 is 3.17. The van der Waals surface area contributed by atoms with E-state index in [1.165, 1.54) is 0 Å². The standard InChI is InChI=1S/C12H16BrFN2/c1-2-15-5-7-16(8-6-15)10-3-4-11(13)12(14)9-10/h3-4,9H,2,5-8H2,1H3. The molecule has 1 aromatic carbocycles. The Kier molecular flexibility index (Phi) is 3.82. The van der Waals surface area contributed by atoms with Crippen molar-refractivity contribution in [1.29, 1.82) is 0 Å². The van der Waals surface area contributed by atoms with Gasteiger partial charge in [0.1, 0.15) is 5.82 Å². The van der Waals surface area contributed by atoms with E-state index in [9.17, 15) is 4.39 Å². The Morgan fingerprint density at radius 1 is 1.25 bits per heavy atom. The Hall–Kier alpha value is -0.610. The zero-order valence-corrected chi connectivity index (χ0v) is 11.0. The number of likely N-dealkylation sites (N-methyl/N-ethyl adjacent to an activating group) is 1. The highest BCUT2D eigenvalue weighted by molar-refractivity contribution is 9.10. The van der Waals surface area contributed by atoms with Crippen LogP contribution in [0.2, 0.25) is 0 Å². The maximum Gasteiger partial charge on any atom is 0.139 e. The van der Waals surface area contributed by atoms with Crippen molar-refractivity contribution in [2.75, 3.05) is 37.6 Å². The number of anilines is 1. The van der Waals surface area contributed by atoms with Crippen LogP contribution in [-0.4, -0.2) is 37.6 Å².